The summed E-state index contributed by atoms with van der Waals surface area (Å²) in [6, 6.07) is 5.21. The molecule has 0 aromatic heterocycles. The molecule has 18 heavy (non-hydrogen) atoms. The van der Waals surface area contributed by atoms with Crippen molar-refractivity contribution in [1.82, 2.24) is 5.32 Å². The van der Waals surface area contributed by atoms with Crippen LogP contribution in [-0.2, 0) is 4.74 Å². The van der Waals surface area contributed by atoms with Gasteiger partial charge in [0.05, 0.1) is 5.56 Å². The van der Waals surface area contributed by atoms with Crippen LogP contribution < -0.4 is 11.1 Å². The fourth-order valence-corrected chi connectivity index (χ4v) is 1.99. The molecular formula is C13H19BrN2O2. The van der Waals surface area contributed by atoms with Gasteiger partial charge in [0.15, 0.2) is 0 Å². The van der Waals surface area contributed by atoms with E-state index in [2.05, 4.69) is 21.2 Å². The lowest BCUT2D eigenvalue weighted by Crippen LogP contribution is -2.25. The van der Waals surface area contributed by atoms with Crippen LogP contribution in [0.3, 0.4) is 0 Å². The zero-order valence-electron chi connectivity index (χ0n) is 10.5. The molecule has 1 aromatic carbocycles. The highest BCUT2D eigenvalue weighted by molar-refractivity contribution is 9.10. The molecule has 0 fully saturated rings. The van der Waals surface area contributed by atoms with E-state index in [9.17, 15) is 4.79 Å². The number of nitrogens with two attached hydrogens (primary N) is 1. The van der Waals surface area contributed by atoms with Crippen molar-refractivity contribution in [3.05, 3.63) is 28.2 Å². The molecule has 0 saturated heterocycles. The van der Waals surface area contributed by atoms with Crippen LogP contribution in [0.5, 0.6) is 0 Å². The number of carbonyl (C=O) groups is 1. The molecule has 1 aromatic rings. The maximum absolute atomic E-state index is 11.9. The smallest absolute Gasteiger partial charge is 0.252 e. The molecule has 0 unspecified atom stereocenters. The number of hydrogen-bond donors (Lipinski definition) is 2. The second kappa shape index (κ2) is 8.11. The summed E-state index contributed by atoms with van der Waals surface area (Å²) in [5.74, 6) is -0.0964. The maximum Gasteiger partial charge on any atom is 0.252 e. The first-order valence-electron chi connectivity index (χ1n) is 5.97. The number of nitrogen functional groups attached to an aromatic ring is 1. The Hall–Kier alpha value is -1.07. The predicted octanol–water partition coefficient (Wildman–Crippen LogP) is 2.58. The standard InChI is InChI=1S/C13H19BrN2O2/c1-18-8-4-2-3-7-16-13(17)11-9-10(15)5-6-12(11)14/h5-6,9H,2-4,7-8,15H2,1H3,(H,16,17). The Bertz CT molecular complexity index is 397. The van der Waals surface area contributed by atoms with Crippen LogP contribution in [0.15, 0.2) is 22.7 Å². The average Bonchev–Trinajstić information content (AvgIpc) is 2.36. The molecule has 0 bridgehead atoms. The van der Waals surface area contributed by atoms with Gasteiger partial charge in [0.25, 0.3) is 5.91 Å². The van der Waals surface area contributed by atoms with Crippen molar-refractivity contribution < 1.29 is 9.53 Å². The van der Waals surface area contributed by atoms with Gasteiger partial charge in [-0.25, -0.2) is 0 Å². The van der Waals surface area contributed by atoms with Crippen molar-refractivity contribution in [2.75, 3.05) is 26.0 Å². The van der Waals surface area contributed by atoms with E-state index in [1.807, 2.05) is 0 Å². The third-order valence-electron chi connectivity index (χ3n) is 2.55. The molecule has 100 valence electrons. The van der Waals surface area contributed by atoms with Crippen molar-refractivity contribution >= 4 is 27.5 Å². The van der Waals surface area contributed by atoms with Gasteiger partial charge in [-0.2, -0.15) is 0 Å². The number of unbranched alkanes of at least 4 members (excludes halogenated alkanes) is 2. The van der Waals surface area contributed by atoms with Gasteiger partial charge < -0.3 is 15.8 Å². The topological polar surface area (TPSA) is 64.3 Å². The lowest BCUT2D eigenvalue weighted by Gasteiger charge is -2.07. The second-order valence-corrected chi connectivity index (χ2v) is 4.90. The molecule has 0 saturated carbocycles. The van der Waals surface area contributed by atoms with E-state index in [-0.39, 0.29) is 5.91 Å². The van der Waals surface area contributed by atoms with E-state index < -0.39 is 0 Å². The van der Waals surface area contributed by atoms with E-state index in [1.54, 1.807) is 25.3 Å². The Balaban J connectivity index is 2.34. The highest BCUT2D eigenvalue weighted by atomic mass is 79.9. The number of nitrogens with one attached hydrogen (secondary N) is 1. The van der Waals surface area contributed by atoms with Gasteiger partial charge in [0.2, 0.25) is 0 Å². The first kappa shape index (κ1) is 15.0. The first-order valence-corrected chi connectivity index (χ1v) is 6.76. The Kier molecular flexibility index (Phi) is 6.75. The monoisotopic (exact) mass is 314 g/mol. The summed E-state index contributed by atoms with van der Waals surface area (Å²) in [5, 5.41) is 2.88. The first-order chi connectivity index (χ1) is 8.65. The van der Waals surface area contributed by atoms with Gasteiger partial charge in [-0.05, 0) is 53.4 Å². The maximum atomic E-state index is 11.9. The van der Waals surface area contributed by atoms with Crippen LogP contribution in [0.1, 0.15) is 29.6 Å². The summed E-state index contributed by atoms with van der Waals surface area (Å²) >= 11 is 3.34. The molecule has 0 atom stereocenters. The third kappa shape index (κ3) is 5.06. The summed E-state index contributed by atoms with van der Waals surface area (Å²) < 4.78 is 5.72. The number of benzene rings is 1. The fraction of sp³-hybridized carbons (Fsp3) is 0.462. The number of anilines is 1. The molecule has 0 radical (unpaired) electrons. The molecule has 0 heterocycles. The SMILES string of the molecule is COCCCCCNC(=O)c1cc(N)ccc1Br. The highest BCUT2D eigenvalue weighted by Crippen LogP contribution is 2.19. The average molecular weight is 315 g/mol. The number of methoxy groups -OCH3 is 1. The van der Waals surface area contributed by atoms with Gasteiger partial charge in [0.1, 0.15) is 0 Å². The summed E-state index contributed by atoms with van der Waals surface area (Å²) in [7, 11) is 1.69. The Morgan fingerprint density at radius 3 is 2.89 bits per heavy atom. The van der Waals surface area contributed by atoms with Crippen molar-refractivity contribution in [1.29, 1.82) is 0 Å². The van der Waals surface area contributed by atoms with Crippen LogP contribution in [0, 0.1) is 0 Å². The van der Waals surface area contributed by atoms with Crippen molar-refractivity contribution in [2.24, 2.45) is 0 Å². The lowest BCUT2D eigenvalue weighted by molar-refractivity contribution is 0.0952. The van der Waals surface area contributed by atoms with Crippen LogP contribution >= 0.6 is 15.9 Å². The van der Waals surface area contributed by atoms with Crippen molar-refractivity contribution in [3.63, 3.8) is 0 Å². The predicted molar refractivity (Wildman–Crippen MR) is 76.6 cm³/mol. The molecule has 0 spiro atoms. The summed E-state index contributed by atoms with van der Waals surface area (Å²) in [4.78, 5) is 11.9. The molecule has 4 nitrogen and oxygen atoms in total. The Morgan fingerprint density at radius 2 is 2.17 bits per heavy atom. The van der Waals surface area contributed by atoms with Gasteiger partial charge in [0, 0.05) is 30.4 Å². The van der Waals surface area contributed by atoms with Crippen LogP contribution in [0.4, 0.5) is 5.69 Å². The Labute approximate surface area is 116 Å². The van der Waals surface area contributed by atoms with Crippen LogP contribution in [-0.4, -0.2) is 26.2 Å². The molecular weight excluding hydrogens is 296 g/mol. The van der Waals surface area contributed by atoms with Crippen molar-refractivity contribution in [2.45, 2.75) is 19.3 Å². The lowest BCUT2D eigenvalue weighted by atomic mass is 10.2. The van der Waals surface area contributed by atoms with E-state index >= 15 is 0 Å². The number of amides is 1. The number of ether oxygens (including phenoxy) is 1. The molecule has 0 aliphatic rings. The summed E-state index contributed by atoms with van der Waals surface area (Å²) in [6.07, 6.45) is 3.02. The number of carbonyl (C=O) groups excluding carboxylic acids is 1. The molecule has 5 heteroatoms. The number of hydrogen-bond acceptors (Lipinski definition) is 3. The second-order valence-electron chi connectivity index (χ2n) is 4.05. The summed E-state index contributed by atoms with van der Waals surface area (Å²) in [5.41, 5.74) is 6.82. The highest BCUT2D eigenvalue weighted by Gasteiger charge is 2.09. The minimum Gasteiger partial charge on any atom is -0.399 e. The fourth-order valence-electron chi connectivity index (χ4n) is 1.56. The van der Waals surface area contributed by atoms with Crippen LogP contribution in [0.2, 0.25) is 0 Å². The largest absolute Gasteiger partial charge is 0.399 e. The molecule has 0 aliphatic heterocycles. The minimum absolute atomic E-state index is 0.0964. The van der Waals surface area contributed by atoms with Crippen molar-refractivity contribution in [3.8, 4) is 0 Å². The van der Waals surface area contributed by atoms with Gasteiger partial charge in [-0.3, -0.25) is 4.79 Å². The molecule has 0 aliphatic carbocycles. The zero-order chi connectivity index (χ0) is 13.4. The Morgan fingerprint density at radius 1 is 1.39 bits per heavy atom. The van der Waals surface area contributed by atoms with E-state index in [1.165, 1.54) is 0 Å². The minimum atomic E-state index is -0.0964. The molecule has 1 rings (SSSR count). The third-order valence-corrected chi connectivity index (χ3v) is 3.24. The van der Waals surface area contributed by atoms with E-state index in [4.69, 9.17) is 10.5 Å². The van der Waals surface area contributed by atoms with Gasteiger partial charge >= 0.3 is 0 Å². The number of rotatable bonds is 7. The zero-order valence-corrected chi connectivity index (χ0v) is 12.1. The molecule has 1 amide bonds. The van der Waals surface area contributed by atoms with E-state index in [0.29, 0.717) is 17.8 Å². The normalized spacial score (nSPS) is 10.3. The molecule has 3 N–H and O–H groups in total. The van der Waals surface area contributed by atoms with Crippen LogP contribution in [0.25, 0.3) is 0 Å². The van der Waals surface area contributed by atoms with Gasteiger partial charge in [-0.1, -0.05) is 0 Å². The van der Waals surface area contributed by atoms with E-state index in [0.717, 1.165) is 30.3 Å². The number of halogens is 1. The quantitative estimate of drug-likeness (QED) is 0.600. The summed E-state index contributed by atoms with van der Waals surface area (Å²) in [6.45, 7) is 1.44. The van der Waals surface area contributed by atoms with Gasteiger partial charge in [-0.15, -0.1) is 0 Å².